The van der Waals surface area contributed by atoms with Crippen LogP contribution in [0.5, 0.6) is 5.75 Å². The summed E-state index contributed by atoms with van der Waals surface area (Å²) in [6.07, 6.45) is 0. The standard InChI is InChI=1S/C19H22N4O4/c1-4-26-12-9-7-6-8-11(12)14-13(18(24)27-5-2)10(3)21-17-15(14)16(20)22-19(25)23-17/h6-9,14H,4-5H2,1-3H3,(H4,20,21,22,23,25). The van der Waals surface area contributed by atoms with Gasteiger partial charge in [-0.15, -0.1) is 0 Å². The molecule has 8 nitrogen and oxygen atoms in total. The number of hydrogen-bond donors (Lipinski definition) is 3. The predicted octanol–water partition coefficient (Wildman–Crippen LogP) is 2.15. The van der Waals surface area contributed by atoms with E-state index in [-0.39, 0.29) is 12.4 Å². The molecule has 0 amide bonds. The lowest BCUT2D eigenvalue weighted by molar-refractivity contribution is -0.138. The van der Waals surface area contributed by atoms with E-state index in [0.717, 1.165) is 5.56 Å². The van der Waals surface area contributed by atoms with Gasteiger partial charge in [-0.05, 0) is 26.8 Å². The summed E-state index contributed by atoms with van der Waals surface area (Å²) in [5, 5.41) is 3.01. The zero-order chi connectivity index (χ0) is 19.6. The maximum absolute atomic E-state index is 12.8. The Kier molecular flexibility index (Phi) is 5.16. The molecule has 0 bridgehead atoms. The summed E-state index contributed by atoms with van der Waals surface area (Å²) >= 11 is 0. The first kappa shape index (κ1) is 18.5. The van der Waals surface area contributed by atoms with Crippen molar-refractivity contribution in [1.29, 1.82) is 0 Å². The number of ether oxygens (including phenoxy) is 2. The lowest BCUT2D eigenvalue weighted by Crippen LogP contribution is -2.29. The molecular formula is C19H22N4O4. The van der Waals surface area contributed by atoms with Gasteiger partial charge in [0.25, 0.3) is 0 Å². The number of para-hydroxylation sites is 1. The summed E-state index contributed by atoms with van der Waals surface area (Å²) in [5.41, 5.74) is 7.76. The highest BCUT2D eigenvalue weighted by molar-refractivity contribution is 5.95. The number of aromatic nitrogens is 2. The Labute approximate surface area is 156 Å². The number of nitrogens with one attached hydrogen (secondary N) is 2. The van der Waals surface area contributed by atoms with Crippen molar-refractivity contribution in [3.63, 3.8) is 0 Å². The second-order valence-corrected chi connectivity index (χ2v) is 6.01. The highest BCUT2D eigenvalue weighted by atomic mass is 16.5. The quantitative estimate of drug-likeness (QED) is 0.690. The lowest BCUT2D eigenvalue weighted by atomic mass is 9.81. The number of carbonyl (C=O) groups excluding carboxylic acids is 1. The zero-order valence-corrected chi connectivity index (χ0v) is 15.5. The molecule has 27 heavy (non-hydrogen) atoms. The molecule has 0 saturated heterocycles. The smallest absolute Gasteiger partial charge is 0.348 e. The number of anilines is 2. The van der Waals surface area contributed by atoms with Crippen LogP contribution >= 0.6 is 0 Å². The molecular weight excluding hydrogens is 348 g/mol. The summed E-state index contributed by atoms with van der Waals surface area (Å²) in [7, 11) is 0. The molecule has 1 aliphatic heterocycles. The number of carbonyl (C=O) groups is 1. The maximum atomic E-state index is 12.8. The van der Waals surface area contributed by atoms with Crippen LogP contribution in [0.25, 0.3) is 0 Å². The first-order chi connectivity index (χ1) is 13.0. The molecule has 1 atom stereocenters. The molecule has 0 saturated carbocycles. The number of rotatable bonds is 5. The Morgan fingerprint density at radius 3 is 2.70 bits per heavy atom. The van der Waals surface area contributed by atoms with Gasteiger partial charge < -0.3 is 20.5 Å². The molecule has 1 aromatic carbocycles. The fourth-order valence-corrected chi connectivity index (χ4v) is 3.29. The Bertz CT molecular complexity index is 964. The van der Waals surface area contributed by atoms with Gasteiger partial charge in [-0.1, -0.05) is 18.2 Å². The van der Waals surface area contributed by atoms with Gasteiger partial charge in [-0.3, -0.25) is 4.98 Å². The molecule has 0 aliphatic carbocycles. The molecule has 4 N–H and O–H groups in total. The SMILES string of the molecule is CCOC(=O)C1=C(C)Nc2nc(=O)[nH]c(N)c2C1c1ccccc1OCC. The minimum atomic E-state index is -0.590. The van der Waals surface area contributed by atoms with E-state index in [4.69, 9.17) is 15.2 Å². The topological polar surface area (TPSA) is 119 Å². The molecule has 0 radical (unpaired) electrons. The molecule has 142 valence electrons. The van der Waals surface area contributed by atoms with Gasteiger partial charge in [0.2, 0.25) is 0 Å². The van der Waals surface area contributed by atoms with Crippen LogP contribution in [-0.4, -0.2) is 29.2 Å². The van der Waals surface area contributed by atoms with Gasteiger partial charge in [-0.2, -0.15) is 4.98 Å². The Balaban J connectivity index is 2.29. The Morgan fingerprint density at radius 2 is 2.00 bits per heavy atom. The number of nitrogen functional groups attached to an aromatic ring is 1. The summed E-state index contributed by atoms with van der Waals surface area (Å²) in [6, 6.07) is 7.40. The Morgan fingerprint density at radius 1 is 1.26 bits per heavy atom. The molecule has 1 unspecified atom stereocenters. The lowest BCUT2D eigenvalue weighted by Gasteiger charge is -2.30. The summed E-state index contributed by atoms with van der Waals surface area (Å²) in [5.74, 6) is 0.0294. The van der Waals surface area contributed by atoms with Crippen LogP contribution in [0.1, 0.15) is 37.8 Å². The van der Waals surface area contributed by atoms with Crippen LogP contribution in [0.2, 0.25) is 0 Å². The minimum Gasteiger partial charge on any atom is -0.494 e. The van der Waals surface area contributed by atoms with Crippen LogP contribution in [0.15, 0.2) is 40.3 Å². The first-order valence-corrected chi connectivity index (χ1v) is 8.74. The van der Waals surface area contributed by atoms with Crippen molar-refractivity contribution in [2.75, 3.05) is 24.3 Å². The van der Waals surface area contributed by atoms with Crippen molar-refractivity contribution in [1.82, 2.24) is 9.97 Å². The van der Waals surface area contributed by atoms with Gasteiger partial charge in [0.05, 0.1) is 24.7 Å². The van der Waals surface area contributed by atoms with E-state index in [0.29, 0.717) is 35.0 Å². The highest BCUT2D eigenvalue weighted by Crippen LogP contribution is 2.45. The molecule has 1 aromatic heterocycles. The number of nitrogens with zero attached hydrogens (tertiary/aromatic N) is 1. The van der Waals surface area contributed by atoms with Crippen LogP contribution in [0, 0.1) is 0 Å². The molecule has 8 heteroatoms. The third-order valence-corrected chi connectivity index (χ3v) is 4.31. The van der Waals surface area contributed by atoms with Crippen molar-refractivity contribution in [2.45, 2.75) is 26.7 Å². The van der Waals surface area contributed by atoms with E-state index in [1.54, 1.807) is 13.8 Å². The van der Waals surface area contributed by atoms with E-state index < -0.39 is 17.6 Å². The maximum Gasteiger partial charge on any atom is 0.348 e. The molecule has 3 rings (SSSR count). The van der Waals surface area contributed by atoms with Gasteiger partial charge in [0.15, 0.2) is 0 Å². The van der Waals surface area contributed by atoms with E-state index in [1.165, 1.54) is 0 Å². The summed E-state index contributed by atoms with van der Waals surface area (Å²) in [4.78, 5) is 31.0. The zero-order valence-electron chi connectivity index (χ0n) is 15.5. The van der Waals surface area contributed by atoms with Crippen LogP contribution in [-0.2, 0) is 9.53 Å². The third-order valence-electron chi connectivity index (χ3n) is 4.31. The third kappa shape index (κ3) is 3.38. The van der Waals surface area contributed by atoms with Crippen molar-refractivity contribution in [2.24, 2.45) is 0 Å². The van der Waals surface area contributed by atoms with Gasteiger partial charge >= 0.3 is 11.7 Å². The number of benzene rings is 1. The summed E-state index contributed by atoms with van der Waals surface area (Å²) < 4.78 is 11.0. The molecule has 0 spiro atoms. The minimum absolute atomic E-state index is 0.142. The monoisotopic (exact) mass is 370 g/mol. The van der Waals surface area contributed by atoms with E-state index in [9.17, 15) is 9.59 Å². The largest absolute Gasteiger partial charge is 0.494 e. The molecule has 2 heterocycles. The van der Waals surface area contributed by atoms with Crippen LogP contribution in [0.3, 0.4) is 0 Å². The van der Waals surface area contributed by atoms with Gasteiger partial charge in [0.1, 0.15) is 17.4 Å². The average Bonchev–Trinajstić information content (AvgIpc) is 2.61. The average molecular weight is 370 g/mol. The number of fused-ring (bicyclic) bond motifs is 1. The van der Waals surface area contributed by atoms with Crippen molar-refractivity contribution >= 4 is 17.6 Å². The van der Waals surface area contributed by atoms with E-state index in [1.807, 2.05) is 31.2 Å². The molecule has 1 aliphatic rings. The number of allylic oxidation sites excluding steroid dienone is 1. The number of nitrogens with two attached hydrogens (primary N) is 1. The predicted molar refractivity (Wildman–Crippen MR) is 102 cm³/mol. The summed E-state index contributed by atoms with van der Waals surface area (Å²) in [6.45, 7) is 6.07. The second kappa shape index (κ2) is 7.53. The normalized spacial score (nSPS) is 15.7. The van der Waals surface area contributed by atoms with Crippen molar-refractivity contribution in [3.8, 4) is 5.75 Å². The van der Waals surface area contributed by atoms with Crippen LogP contribution < -0.4 is 21.5 Å². The van der Waals surface area contributed by atoms with Gasteiger partial charge in [-0.25, -0.2) is 9.59 Å². The van der Waals surface area contributed by atoms with Crippen molar-refractivity contribution < 1.29 is 14.3 Å². The Hall–Kier alpha value is -3.29. The van der Waals surface area contributed by atoms with E-state index in [2.05, 4.69) is 15.3 Å². The number of aromatic amines is 1. The fourth-order valence-electron chi connectivity index (χ4n) is 3.29. The molecule has 0 fully saturated rings. The highest BCUT2D eigenvalue weighted by Gasteiger charge is 2.37. The van der Waals surface area contributed by atoms with Crippen LogP contribution in [0.4, 0.5) is 11.6 Å². The first-order valence-electron chi connectivity index (χ1n) is 8.74. The van der Waals surface area contributed by atoms with Gasteiger partial charge in [0, 0.05) is 16.8 Å². The second-order valence-electron chi connectivity index (χ2n) is 6.01. The number of hydrogen-bond acceptors (Lipinski definition) is 7. The number of esters is 1. The molecule has 2 aromatic rings. The van der Waals surface area contributed by atoms with E-state index >= 15 is 0 Å². The number of H-pyrrole nitrogens is 1. The fraction of sp³-hybridized carbons (Fsp3) is 0.316. The van der Waals surface area contributed by atoms with Crippen molar-refractivity contribution in [3.05, 3.63) is 57.1 Å².